The summed E-state index contributed by atoms with van der Waals surface area (Å²) in [5.74, 6) is 0.592. The Kier molecular flexibility index (Phi) is 5.61. The maximum Gasteiger partial charge on any atom is 0.237 e. The van der Waals surface area contributed by atoms with Crippen LogP contribution in [0.3, 0.4) is 0 Å². The predicted octanol–water partition coefficient (Wildman–Crippen LogP) is 0.541. The van der Waals surface area contributed by atoms with Gasteiger partial charge in [0.2, 0.25) is 5.91 Å². The van der Waals surface area contributed by atoms with E-state index in [4.69, 9.17) is 5.73 Å². The monoisotopic (exact) mass is 271 g/mol. The van der Waals surface area contributed by atoms with E-state index in [1.165, 1.54) is 0 Å². The molecule has 6 nitrogen and oxygen atoms in total. The zero-order chi connectivity index (χ0) is 13.6. The van der Waals surface area contributed by atoms with Gasteiger partial charge in [0.1, 0.15) is 6.33 Å². The summed E-state index contributed by atoms with van der Waals surface area (Å²) < 4.78 is 1.88. The highest BCUT2D eigenvalue weighted by Gasteiger charge is 2.28. The summed E-state index contributed by atoms with van der Waals surface area (Å²) in [6.45, 7) is 4.55. The quantitative estimate of drug-likeness (QED) is 0.532. The third kappa shape index (κ3) is 3.99. The molecule has 1 amide bonds. The minimum absolute atomic E-state index is 0.298. The summed E-state index contributed by atoms with van der Waals surface area (Å²) in [5, 5.41) is 11.8. The maximum atomic E-state index is 11.4. The van der Waals surface area contributed by atoms with Gasteiger partial charge in [0.15, 0.2) is 5.16 Å². The first-order valence-electron chi connectivity index (χ1n) is 6.01. The van der Waals surface area contributed by atoms with Gasteiger partial charge in [-0.15, -0.1) is 10.2 Å². The van der Waals surface area contributed by atoms with Gasteiger partial charge in [-0.05, 0) is 26.3 Å². The molecule has 3 N–H and O–H groups in total. The second kappa shape index (κ2) is 6.75. The van der Waals surface area contributed by atoms with Crippen LogP contribution in [-0.4, -0.2) is 38.5 Å². The van der Waals surface area contributed by atoms with Crippen molar-refractivity contribution in [3.8, 4) is 0 Å². The van der Waals surface area contributed by atoms with Gasteiger partial charge in [-0.1, -0.05) is 18.7 Å². The lowest BCUT2D eigenvalue weighted by atomic mass is 9.95. The van der Waals surface area contributed by atoms with Gasteiger partial charge in [-0.2, -0.15) is 0 Å². The fraction of sp³-hybridized carbons (Fsp3) is 0.727. The molecule has 0 aromatic carbocycles. The lowest BCUT2D eigenvalue weighted by Gasteiger charge is -2.26. The zero-order valence-corrected chi connectivity index (χ0v) is 12.0. The molecule has 1 unspecified atom stereocenters. The molecule has 0 saturated heterocycles. The number of hydrogen-bond donors (Lipinski definition) is 2. The zero-order valence-electron chi connectivity index (χ0n) is 11.1. The molecule has 18 heavy (non-hydrogen) atoms. The molecule has 0 aliphatic carbocycles. The number of primary amides is 1. The Morgan fingerprint density at radius 3 is 2.89 bits per heavy atom. The lowest BCUT2D eigenvalue weighted by molar-refractivity contribution is -0.124. The number of carbonyl (C=O) groups excluding carboxylic acids is 1. The van der Waals surface area contributed by atoms with E-state index in [1.54, 1.807) is 18.1 Å². The smallest absolute Gasteiger partial charge is 0.237 e. The summed E-state index contributed by atoms with van der Waals surface area (Å²) in [7, 11) is 1.91. The Hall–Kier alpha value is -1.08. The molecule has 1 heterocycles. The summed E-state index contributed by atoms with van der Waals surface area (Å²) in [4.78, 5) is 11.4. The fourth-order valence-electron chi connectivity index (χ4n) is 1.68. The van der Waals surface area contributed by atoms with Crippen LogP contribution in [0.25, 0.3) is 0 Å². The number of hydrogen-bond acceptors (Lipinski definition) is 5. The van der Waals surface area contributed by atoms with E-state index in [0.717, 1.165) is 30.3 Å². The molecule has 0 bridgehead atoms. The summed E-state index contributed by atoms with van der Waals surface area (Å²) in [5.41, 5.74) is 4.81. The number of nitrogens with zero attached hydrogens (tertiary/aromatic N) is 3. The number of carbonyl (C=O) groups is 1. The van der Waals surface area contributed by atoms with Gasteiger partial charge in [0.25, 0.3) is 0 Å². The van der Waals surface area contributed by atoms with Crippen LogP contribution in [0.1, 0.15) is 26.7 Å². The van der Waals surface area contributed by atoms with Crippen molar-refractivity contribution in [1.29, 1.82) is 0 Å². The highest BCUT2D eigenvalue weighted by Crippen LogP contribution is 2.19. The molecule has 1 aromatic heterocycles. The molecule has 0 fully saturated rings. The van der Waals surface area contributed by atoms with Gasteiger partial charge in [-0.25, -0.2) is 0 Å². The van der Waals surface area contributed by atoms with Gasteiger partial charge >= 0.3 is 0 Å². The number of aromatic nitrogens is 3. The topological polar surface area (TPSA) is 85.8 Å². The minimum atomic E-state index is -0.616. The number of thioether (sulfide) groups is 1. The fourth-order valence-corrected chi connectivity index (χ4v) is 2.51. The van der Waals surface area contributed by atoms with Crippen LogP contribution in [0.5, 0.6) is 0 Å². The Labute approximate surface area is 112 Å². The van der Waals surface area contributed by atoms with Crippen LogP contribution in [-0.2, 0) is 11.8 Å². The van der Waals surface area contributed by atoms with Crippen molar-refractivity contribution in [3.63, 3.8) is 0 Å². The van der Waals surface area contributed by atoms with Gasteiger partial charge in [-0.3, -0.25) is 4.79 Å². The Morgan fingerprint density at radius 1 is 1.67 bits per heavy atom. The van der Waals surface area contributed by atoms with Crippen LogP contribution >= 0.6 is 11.8 Å². The highest BCUT2D eigenvalue weighted by atomic mass is 32.2. The van der Waals surface area contributed by atoms with E-state index in [-0.39, 0.29) is 5.91 Å². The molecule has 0 spiro atoms. The largest absolute Gasteiger partial charge is 0.368 e. The van der Waals surface area contributed by atoms with Crippen LogP contribution < -0.4 is 11.1 Å². The maximum absolute atomic E-state index is 11.4. The number of rotatable bonds is 8. The molecule has 0 saturated carbocycles. The number of likely N-dealkylation sites (N-methyl/N-ethyl adjacent to an activating group) is 1. The SMILES string of the molecule is CCNC(C)(CCCSc1nncn1C)C(N)=O. The van der Waals surface area contributed by atoms with Crippen molar-refractivity contribution in [2.45, 2.75) is 37.4 Å². The second-order valence-electron chi connectivity index (χ2n) is 4.40. The average Bonchev–Trinajstić information content (AvgIpc) is 2.71. The summed E-state index contributed by atoms with van der Waals surface area (Å²) in [6, 6.07) is 0. The molecule has 1 aromatic rings. The second-order valence-corrected chi connectivity index (χ2v) is 5.47. The van der Waals surface area contributed by atoms with E-state index >= 15 is 0 Å². The Bertz CT molecular complexity index is 395. The van der Waals surface area contributed by atoms with Crippen molar-refractivity contribution in [2.75, 3.05) is 12.3 Å². The number of nitrogens with one attached hydrogen (secondary N) is 1. The van der Waals surface area contributed by atoms with Crippen LogP contribution in [0.2, 0.25) is 0 Å². The first-order chi connectivity index (χ1) is 8.49. The Morgan fingerprint density at radius 2 is 2.39 bits per heavy atom. The molecule has 7 heteroatoms. The van der Waals surface area contributed by atoms with E-state index < -0.39 is 5.54 Å². The van der Waals surface area contributed by atoms with Crippen molar-refractivity contribution in [1.82, 2.24) is 20.1 Å². The van der Waals surface area contributed by atoms with E-state index in [1.807, 2.05) is 25.5 Å². The molecule has 0 aliphatic rings. The molecule has 0 radical (unpaired) electrons. The van der Waals surface area contributed by atoms with Gasteiger partial charge in [0.05, 0.1) is 5.54 Å². The van der Waals surface area contributed by atoms with E-state index in [2.05, 4.69) is 15.5 Å². The van der Waals surface area contributed by atoms with E-state index in [0.29, 0.717) is 0 Å². The minimum Gasteiger partial charge on any atom is -0.368 e. The first-order valence-corrected chi connectivity index (χ1v) is 7.00. The third-order valence-electron chi connectivity index (χ3n) is 2.83. The van der Waals surface area contributed by atoms with Gasteiger partial charge in [0, 0.05) is 12.8 Å². The van der Waals surface area contributed by atoms with Crippen molar-refractivity contribution < 1.29 is 4.79 Å². The molecule has 1 atom stereocenters. The summed E-state index contributed by atoms with van der Waals surface area (Å²) >= 11 is 1.63. The van der Waals surface area contributed by atoms with Crippen molar-refractivity contribution in [2.24, 2.45) is 12.8 Å². The number of aryl methyl sites for hydroxylation is 1. The predicted molar refractivity (Wildman–Crippen MR) is 72.2 cm³/mol. The highest BCUT2D eigenvalue weighted by molar-refractivity contribution is 7.99. The van der Waals surface area contributed by atoms with Crippen molar-refractivity contribution in [3.05, 3.63) is 6.33 Å². The molecular formula is C11H21N5OS. The van der Waals surface area contributed by atoms with Gasteiger partial charge < -0.3 is 15.6 Å². The normalized spacial score (nSPS) is 14.4. The standard InChI is InChI=1S/C11H21N5OS/c1-4-13-11(2,9(12)17)6-5-7-18-10-15-14-8-16(10)3/h8,13H,4-7H2,1-3H3,(H2,12,17). The Balaban J connectivity index is 2.36. The van der Waals surface area contributed by atoms with Crippen molar-refractivity contribution >= 4 is 17.7 Å². The number of amides is 1. The average molecular weight is 271 g/mol. The summed E-state index contributed by atoms with van der Waals surface area (Å²) in [6.07, 6.45) is 3.29. The first kappa shape index (κ1) is 15.0. The van der Waals surface area contributed by atoms with E-state index in [9.17, 15) is 4.79 Å². The number of nitrogens with two attached hydrogens (primary N) is 1. The van der Waals surface area contributed by atoms with Crippen LogP contribution in [0.4, 0.5) is 0 Å². The van der Waals surface area contributed by atoms with Crippen LogP contribution in [0.15, 0.2) is 11.5 Å². The van der Waals surface area contributed by atoms with Crippen LogP contribution in [0, 0.1) is 0 Å². The third-order valence-corrected chi connectivity index (χ3v) is 3.95. The molecule has 102 valence electrons. The molecule has 0 aliphatic heterocycles. The molecule has 1 rings (SSSR count). The lowest BCUT2D eigenvalue weighted by Crippen LogP contribution is -2.53. The molecular weight excluding hydrogens is 250 g/mol.